The Kier molecular flexibility index (Phi) is 10.4. The highest BCUT2D eigenvalue weighted by Gasteiger charge is 2.30. The van der Waals surface area contributed by atoms with Crippen LogP contribution in [0.15, 0.2) is 42.5 Å². The lowest BCUT2D eigenvalue weighted by Gasteiger charge is -2.32. The van der Waals surface area contributed by atoms with E-state index < -0.39 is 16.1 Å². The number of amides is 2. The van der Waals surface area contributed by atoms with Crippen LogP contribution in [0.1, 0.15) is 74.1 Å². The van der Waals surface area contributed by atoms with Crippen LogP contribution in [-0.4, -0.2) is 50.0 Å². The molecule has 0 heterocycles. The summed E-state index contributed by atoms with van der Waals surface area (Å²) < 4.78 is 26.5. The van der Waals surface area contributed by atoms with Crippen LogP contribution in [0.2, 0.25) is 0 Å². The number of benzene rings is 2. The summed E-state index contributed by atoms with van der Waals surface area (Å²) in [6.07, 6.45) is 6.39. The van der Waals surface area contributed by atoms with Gasteiger partial charge in [-0.1, -0.05) is 55.7 Å². The summed E-state index contributed by atoms with van der Waals surface area (Å²) >= 11 is 0. The molecule has 2 amide bonds. The van der Waals surface area contributed by atoms with Gasteiger partial charge in [0.25, 0.3) is 0 Å². The van der Waals surface area contributed by atoms with Crippen molar-refractivity contribution in [2.75, 3.05) is 17.1 Å². The minimum absolute atomic E-state index is 0.104. The van der Waals surface area contributed by atoms with Gasteiger partial charge in [-0.2, -0.15) is 0 Å². The molecule has 0 unspecified atom stereocenters. The predicted molar refractivity (Wildman–Crippen MR) is 154 cm³/mol. The number of anilines is 1. The van der Waals surface area contributed by atoms with Crippen LogP contribution in [0.5, 0.6) is 0 Å². The summed E-state index contributed by atoms with van der Waals surface area (Å²) in [5.74, 6) is -0.250. The van der Waals surface area contributed by atoms with Crippen molar-refractivity contribution in [2.24, 2.45) is 0 Å². The van der Waals surface area contributed by atoms with Crippen molar-refractivity contribution in [3.63, 3.8) is 0 Å². The molecule has 1 fully saturated rings. The fourth-order valence-electron chi connectivity index (χ4n) is 5.06. The molecule has 1 aliphatic rings. The minimum atomic E-state index is -3.52. The average Bonchev–Trinajstić information content (AvgIpc) is 3.37. The van der Waals surface area contributed by atoms with Crippen molar-refractivity contribution >= 4 is 27.5 Å². The third kappa shape index (κ3) is 8.06. The highest BCUT2D eigenvalue weighted by molar-refractivity contribution is 7.92. The summed E-state index contributed by atoms with van der Waals surface area (Å²) in [6, 6.07) is 13.2. The van der Waals surface area contributed by atoms with Crippen LogP contribution in [0, 0.1) is 20.8 Å². The molecule has 8 heteroatoms. The second-order valence-corrected chi connectivity index (χ2v) is 12.5. The Labute approximate surface area is 228 Å². The summed E-state index contributed by atoms with van der Waals surface area (Å²) in [4.78, 5) is 28.6. The molecule has 7 nitrogen and oxygen atoms in total. The van der Waals surface area contributed by atoms with Gasteiger partial charge in [0, 0.05) is 25.6 Å². The van der Waals surface area contributed by atoms with Crippen LogP contribution in [0.4, 0.5) is 5.69 Å². The normalized spacial score (nSPS) is 14.8. The van der Waals surface area contributed by atoms with Crippen molar-refractivity contribution < 1.29 is 18.0 Å². The Morgan fingerprint density at radius 3 is 2.24 bits per heavy atom. The van der Waals surface area contributed by atoms with E-state index >= 15 is 0 Å². The quantitative estimate of drug-likeness (QED) is 0.409. The van der Waals surface area contributed by atoms with E-state index in [1.54, 1.807) is 11.0 Å². The van der Waals surface area contributed by atoms with E-state index in [-0.39, 0.29) is 30.8 Å². The Balaban J connectivity index is 1.76. The van der Waals surface area contributed by atoms with Crippen LogP contribution in [0.3, 0.4) is 0 Å². The number of hydrogen-bond acceptors (Lipinski definition) is 4. The third-order valence-electron chi connectivity index (χ3n) is 7.49. The van der Waals surface area contributed by atoms with Gasteiger partial charge in [-0.3, -0.25) is 13.9 Å². The molecule has 2 aromatic rings. The van der Waals surface area contributed by atoms with Gasteiger partial charge in [-0.05, 0) is 75.3 Å². The lowest BCUT2D eigenvalue weighted by molar-refractivity contribution is -0.141. The van der Waals surface area contributed by atoms with Crippen LogP contribution in [-0.2, 0) is 26.2 Å². The number of rotatable bonds is 12. The van der Waals surface area contributed by atoms with Gasteiger partial charge in [-0.15, -0.1) is 0 Å². The predicted octanol–water partition coefficient (Wildman–Crippen LogP) is 5.02. The summed E-state index contributed by atoms with van der Waals surface area (Å²) in [6.45, 7) is 8.41. The van der Waals surface area contributed by atoms with E-state index in [1.165, 1.54) is 10.6 Å². The summed E-state index contributed by atoms with van der Waals surface area (Å²) in [5, 5.41) is 3.17. The zero-order valence-corrected chi connectivity index (χ0v) is 24.3. The zero-order valence-electron chi connectivity index (χ0n) is 23.5. The number of aryl methyl sites for hydroxylation is 3. The Bertz CT molecular complexity index is 1200. The fourth-order valence-corrected chi connectivity index (χ4v) is 6.02. The molecule has 0 saturated heterocycles. The number of sulfonamides is 1. The molecular weight excluding hydrogens is 498 g/mol. The van der Waals surface area contributed by atoms with Crippen molar-refractivity contribution in [1.29, 1.82) is 0 Å². The molecule has 0 spiro atoms. The Hall–Kier alpha value is -2.87. The number of nitrogens with one attached hydrogen (secondary N) is 1. The third-order valence-corrected chi connectivity index (χ3v) is 8.69. The summed E-state index contributed by atoms with van der Waals surface area (Å²) in [5.41, 5.74) is 4.79. The van der Waals surface area contributed by atoms with Gasteiger partial charge in [-0.25, -0.2) is 8.42 Å². The first-order chi connectivity index (χ1) is 18.0. The molecule has 38 heavy (non-hydrogen) atoms. The first kappa shape index (κ1) is 29.7. The SMILES string of the molecule is CC[C@@H](C(=O)NC1CCCC1)N(Cc1ccc(C)cc1)C(=O)CCCN(c1ccc(C)c(C)c1)S(C)(=O)=O. The second-order valence-electron chi connectivity index (χ2n) is 10.6. The minimum Gasteiger partial charge on any atom is -0.352 e. The smallest absolute Gasteiger partial charge is 0.243 e. The first-order valence-corrected chi connectivity index (χ1v) is 15.5. The van der Waals surface area contributed by atoms with Crippen LogP contribution >= 0.6 is 0 Å². The molecule has 1 saturated carbocycles. The molecular formula is C30H43N3O4S. The van der Waals surface area contributed by atoms with Gasteiger partial charge in [0.1, 0.15) is 6.04 Å². The van der Waals surface area contributed by atoms with Gasteiger partial charge < -0.3 is 10.2 Å². The standard InChI is InChI=1S/C30H43N3O4S/c1-6-28(30(35)31-26-10-7-8-11-26)32(21-25-16-13-22(2)14-17-25)29(34)12-9-19-33(38(5,36)37)27-18-15-23(3)24(4)20-27/h13-18,20,26,28H,6-12,19,21H2,1-5H3,(H,31,35)/t28-/m0/s1. The Morgan fingerprint density at radius 1 is 1.00 bits per heavy atom. The van der Waals surface area contributed by atoms with E-state index in [9.17, 15) is 18.0 Å². The average molecular weight is 542 g/mol. The highest BCUT2D eigenvalue weighted by Crippen LogP contribution is 2.23. The van der Waals surface area contributed by atoms with E-state index in [4.69, 9.17) is 0 Å². The zero-order chi connectivity index (χ0) is 27.9. The second kappa shape index (κ2) is 13.3. The van der Waals surface area contributed by atoms with Crippen LogP contribution in [0.25, 0.3) is 0 Å². The van der Waals surface area contributed by atoms with Gasteiger partial charge >= 0.3 is 0 Å². The van der Waals surface area contributed by atoms with E-state index in [0.717, 1.165) is 47.9 Å². The van der Waals surface area contributed by atoms with E-state index in [0.29, 0.717) is 25.1 Å². The summed E-state index contributed by atoms with van der Waals surface area (Å²) in [7, 11) is -3.52. The maximum atomic E-state index is 13.6. The fraction of sp³-hybridized carbons (Fsp3) is 0.533. The highest BCUT2D eigenvalue weighted by atomic mass is 32.2. The Morgan fingerprint density at radius 2 is 1.66 bits per heavy atom. The molecule has 1 atom stereocenters. The molecule has 3 rings (SSSR count). The maximum absolute atomic E-state index is 13.6. The topological polar surface area (TPSA) is 86.8 Å². The monoisotopic (exact) mass is 541 g/mol. The van der Waals surface area contributed by atoms with Gasteiger partial charge in [0.2, 0.25) is 21.8 Å². The van der Waals surface area contributed by atoms with E-state index in [2.05, 4.69) is 5.32 Å². The molecule has 1 aliphatic carbocycles. The largest absolute Gasteiger partial charge is 0.352 e. The van der Waals surface area contributed by atoms with Gasteiger partial charge in [0.05, 0.1) is 11.9 Å². The molecule has 0 aromatic heterocycles. The van der Waals surface area contributed by atoms with E-state index in [1.807, 2.05) is 64.1 Å². The lowest BCUT2D eigenvalue weighted by atomic mass is 10.1. The number of nitrogens with zero attached hydrogens (tertiary/aromatic N) is 2. The molecule has 0 aliphatic heterocycles. The number of hydrogen-bond donors (Lipinski definition) is 1. The number of carbonyl (C=O) groups excluding carboxylic acids is 2. The van der Waals surface area contributed by atoms with Crippen molar-refractivity contribution in [3.8, 4) is 0 Å². The lowest BCUT2D eigenvalue weighted by Crippen LogP contribution is -2.51. The van der Waals surface area contributed by atoms with Crippen molar-refractivity contribution in [2.45, 2.75) is 91.3 Å². The van der Waals surface area contributed by atoms with Crippen LogP contribution < -0.4 is 9.62 Å². The van der Waals surface area contributed by atoms with Crippen molar-refractivity contribution in [3.05, 3.63) is 64.7 Å². The molecule has 0 radical (unpaired) electrons. The molecule has 2 aromatic carbocycles. The van der Waals surface area contributed by atoms with Gasteiger partial charge in [0.15, 0.2) is 0 Å². The number of carbonyl (C=O) groups is 2. The molecule has 208 valence electrons. The molecule has 1 N–H and O–H groups in total. The van der Waals surface area contributed by atoms with Crippen molar-refractivity contribution in [1.82, 2.24) is 10.2 Å². The molecule has 0 bridgehead atoms. The first-order valence-electron chi connectivity index (χ1n) is 13.7. The maximum Gasteiger partial charge on any atom is 0.243 e.